The van der Waals surface area contributed by atoms with Crippen molar-refractivity contribution >= 4 is 43.6 Å². The molecule has 64 heavy (non-hydrogen) atoms. The van der Waals surface area contributed by atoms with Crippen molar-refractivity contribution in [3.8, 4) is 73.5 Å². The Morgan fingerprint density at radius 3 is 1.44 bits per heavy atom. The molecule has 12 rings (SSSR count). The predicted octanol–water partition coefficient (Wildman–Crippen LogP) is 14.3. The summed E-state index contributed by atoms with van der Waals surface area (Å²) >= 11 is 0. The van der Waals surface area contributed by atoms with Gasteiger partial charge in [0, 0.05) is 56.2 Å². The number of nitrogens with zero attached hydrogens (tertiary/aromatic N) is 6. The number of benzene rings is 7. The van der Waals surface area contributed by atoms with Crippen molar-refractivity contribution in [2.75, 3.05) is 0 Å². The molecule has 0 spiro atoms. The number of para-hydroxylation sites is 2. The summed E-state index contributed by atoms with van der Waals surface area (Å²) in [5.41, 5.74) is 15.8. The van der Waals surface area contributed by atoms with Gasteiger partial charge in [-0.15, -0.1) is 0 Å². The third-order valence-corrected chi connectivity index (χ3v) is 12.3. The molecular formula is C58H36N6. The van der Waals surface area contributed by atoms with E-state index in [0.717, 1.165) is 111 Å². The lowest BCUT2D eigenvalue weighted by Crippen LogP contribution is -2.04. The standard InChI is InChI=1S/C58H36N6/c59-36-44-17-7-8-18-45(44)50-35-58(64-54-22-12-10-20-47(54)49-32-41(24-26-56(49)64)43-28-30-61-52(34-43)39-15-5-2-6-16-39)62-37-57(50)63-53-21-11-9-19-46(53)48-31-40(23-25-55(48)63)42-27-29-60-51(33-42)38-13-3-1-4-14-38/h1-35,37H. The van der Waals surface area contributed by atoms with Crippen molar-refractivity contribution in [1.29, 1.82) is 5.26 Å². The zero-order valence-corrected chi connectivity index (χ0v) is 34.5. The van der Waals surface area contributed by atoms with Gasteiger partial charge in [0.15, 0.2) is 0 Å². The second-order valence-corrected chi connectivity index (χ2v) is 16.0. The Labute approximate surface area is 369 Å². The lowest BCUT2D eigenvalue weighted by Gasteiger charge is -2.17. The Balaban J connectivity index is 1.04. The topological polar surface area (TPSA) is 72.3 Å². The molecule has 5 heterocycles. The fraction of sp³-hybridized carbons (Fsp3) is 0. The normalized spacial score (nSPS) is 11.4. The molecule has 6 heteroatoms. The molecule has 0 aliphatic rings. The van der Waals surface area contributed by atoms with Crippen LogP contribution in [0.3, 0.4) is 0 Å². The van der Waals surface area contributed by atoms with Crippen LogP contribution in [-0.4, -0.2) is 24.1 Å². The van der Waals surface area contributed by atoms with Crippen LogP contribution in [0.2, 0.25) is 0 Å². The van der Waals surface area contributed by atoms with Crippen molar-refractivity contribution in [1.82, 2.24) is 24.1 Å². The molecule has 5 aromatic heterocycles. The lowest BCUT2D eigenvalue weighted by molar-refractivity contribution is 1.06. The zero-order chi connectivity index (χ0) is 42.6. The molecule has 0 unspecified atom stereocenters. The number of fused-ring (bicyclic) bond motifs is 6. The van der Waals surface area contributed by atoms with Gasteiger partial charge < -0.3 is 4.57 Å². The van der Waals surface area contributed by atoms with Gasteiger partial charge in [0.2, 0.25) is 0 Å². The van der Waals surface area contributed by atoms with Crippen molar-refractivity contribution in [2.45, 2.75) is 0 Å². The van der Waals surface area contributed by atoms with E-state index in [1.807, 2.05) is 79.3 Å². The number of hydrogen-bond acceptors (Lipinski definition) is 4. The predicted molar refractivity (Wildman–Crippen MR) is 260 cm³/mol. The fourth-order valence-electron chi connectivity index (χ4n) is 9.33. The molecule has 0 bridgehead atoms. The van der Waals surface area contributed by atoms with Crippen LogP contribution in [0.1, 0.15) is 5.56 Å². The van der Waals surface area contributed by atoms with Crippen molar-refractivity contribution < 1.29 is 0 Å². The van der Waals surface area contributed by atoms with Gasteiger partial charge in [0.05, 0.1) is 57.0 Å². The van der Waals surface area contributed by atoms with Crippen LogP contribution in [0.25, 0.3) is 111 Å². The summed E-state index contributed by atoms with van der Waals surface area (Å²) in [6, 6.07) is 71.9. The van der Waals surface area contributed by atoms with E-state index in [1.54, 1.807) is 0 Å². The maximum atomic E-state index is 10.5. The van der Waals surface area contributed by atoms with Gasteiger partial charge in [-0.05, 0) is 95.1 Å². The molecular weight excluding hydrogens is 781 g/mol. The Bertz CT molecular complexity index is 3800. The average Bonchev–Trinajstić information content (AvgIpc) is 3.89. The lowest BCUT2D eigenvalue weighted by atomic mass is 9.99. The van der Waals surface area contributed by atoms with Gasteiger partial charge in [0.25, 0.3) is 0 Å². The monoisotopic (exact) mass is 816 g/mol. The van der Waals surface area contributed by atoms with E-state index in [0.29, 0.717) is 5.56 Å². The van der Waals surface area contributed by atoms with E-state index in [1.165, 1.54) is 0 Å². The second-order valence-electron chi connectivity index (χ2n) is 16.0. The third-order valence-electron chi connectivity index (χ3n) is 12.3. The number of nitriles is 1. The van der Waals surface area contributed by atoms with Crippen molar-refractivity contribution in [3.05, 3.63) is 224 Å². The maximum Gasteiger partial charge on any atom is 0.138 e. The molecule has 0 saturated heterocycles. The van der Waals surface area contributed by atoms with Crippen LogP contribution >= 0.6 is 0 Å². The number of rotatable bonds is 7. The van der Waals surface area contributed by atoms with Gasteiger partial charge in [-0.2, -0.15) is 5.26 Å². The molecule has 6 nitrogen and oxygen atoms in total. The molecule has 0 amide bonds. The van der Waals surface area contributed by atoms with Crippen LogP contribution in [0.4, 0.5) is 0 Å². The van der Waals surface area contributed by atoms with Gasteiger partial charge in [0.1, 0.15) is 5.82 Å². The smallest absolute Gasteiger partial charge is 0.138 e. The SMILES string of the molecule is N#Cc1ccccc1-c1cc(-n2c3ccccc3c3cc(-c4ccnc(-c5ccccc5)c4)ccc32)ncc1-n1c2ccccc2c2cc(-c3ccnc(-c4ccccc4)c3)ccc21. The highest BCUT2D eigenvalue weighted by atomic mass is 15.1. The summed E-state index contributed by atoms with van der Waals surface area (Å²) in [5, 5.41) is 15.0. The van der Waals surface area contributed by atoms with Crippen LogP contribution < -0.4 is 0 Å². The molecule has 12 aromatic rings. The fourth-order valence-corrected chi connectivity index (χ4v) is 9.33. The first kappa shape index (κ1) is 36.9. The summed E-state index contributed by atoms with van der Waals surface area (Å²) in [5.74, 6) is 0.760. The van der Waals surface area contributed by atoms with Crippen molar-refractivity contribution in [2.24, 2.45) is 0 Å². The molecule has 7 aromatic carbocycles. The Hall–Kier alpha value is -8.92. The molecule has 0 N–H and O–H groups in total. The Morgan fingerprint density at radius 1 is 0.359 bits per heavy atom. The zero-order valence-electron chi connectivity index (χ0n) is 34.5. The molecule has 0 saturated carbocycles. The highest BCUT2D eigenvalue weighted by molar-refractivity contribution is 6.12. The first-order chi connectivity index (χ1) is 31.7. The maximum absolute atomic E-state index is 10.5. The summed E-state index contributed by atoms with van der Waals surface area (Å²) in [7, 11) is 0. The van der Waals surface area contributed by atoms with Gasteiger partial charge in [-0.25, -0.2) is 4.98 Å². The minimum Gasteiger partial charge on any atom is -0.307 e. The van der Waals surface area contributed by atoms with Crippen LogP contribution in [-0.2, 0) is 0 Å². The Kier molecular flexibility index (Phi) is 8.77. The summed E-state index contributed by atoms with van der Waals surface area (Å²) in [6.45, 7) is 0. The molecule has 0 aliphatic heterocycles. The number of hydrogen-bond donors (Lipinski definition) is 0. The van der Waals surface area contributed by atoms with Crippen LogP contribution in [0.5, 0.6) is 0 Å². The van der Waals surface area contributed by atoms with E-state index in [-0.39, 0.29) is 0 Å². The van der Waals surface area contributed by atoms with Crippen LogP contribution in [0.15, 0.2) is 219 Å². The van der Waals surface area contributed by atoms with Crippen LogP contribution in [0, 0.1) is 11.3 Å². The minimum atomic E-state index is 0.593. The average molecular weight is 817 g/mol. The molecule has 0 aliphatic carbocycles. The van der Waals surface area contributed by atoms with E-state index < -0.39 is 0 Å². The van der Waals surface area contributed by atoms with Gasteiger partial charge >= 0.3 is 0 Å². The summed E-state index contributed by atoms with van der Waals surface area (Å²) < 4.78 is 4.54. The first-order valence-corrected chi connectivity index (χ1v) is 21.3. The van der Waals surface area contributed by atoms with Gasteiger partial charge in [-0.3, -0.25) is 14.5 Å². The second kappa shape index (κ2) is 15.2. The number of pyridine rings is 3. The van der Waals surface area contributed by atoms with Gasteiger partial charge in [-0.1, -0.05) is 127 Å². The quantitative estimate of drug-likeness (QED) is 0.161. The highest BCUT2D eigenvalue weighted by Gasteiger charge is 2.21. The summed E-state index contributed by atoms with van der Waals surface area (Å²) in [4.78, 5) is 14.7. The van der Waals surface area contributed by atoms with E-state index >= 15 is 0 Å². The largest absolute Gasteiger partial charge is 0.307 e. The molecule has 298 valence electrons. The van der Waals surface area contributed by atoms with E-state index in [4.69, 9.17) is 9.97 Å². The van der Waals surface area contributed by atoms with Crippen molar-refractivity contribution in [3.63, 3.8) is 0 Å². The molecule has 0 radical (unpaired) electrons. The van der Waals surface area contributed by atoms with E-state index in [2.05, 4.69) is 160 Å². The number of aromatic nitrogens is 5. The Morgan fingerprint density at radius 2 is 0.844 bits per heavy atom. The third kappa shape index (κ3) is 6.14. The highest BCUT2D eigenvalue weighted by Crippen LogP contribution is 2.41. The van der Waals surface area contributed by atoms with E-state index in [9.17, 15) is 5.26 Å². The minimum absolute atomic E-state index is 0.593. The molecule has 0 atom stereocenters. The molecule has 0 fully saturated rings. The first-order valence-electron chi connectivity index (χ1n) is 21.3. The summed E-state index contributed by atoms with van der Waals surface area (Å²) in [6.07, 6.45) is 5.75.